The number of hydrogen-bond donors (Lipinski definition) is 2. The van der Waals surface area contributed by atoms with Crippen LogP contribution in [0.25, 0.3) is 0 Å². The van der Waals surface area contributed by atoms with E-state index in [0.29, 0.717) is 10.1 Å². The van der Waals surface area contributed by atoms with E-state index in [1.165, 1.54) is 17.1 Å². The Balaban J connectivity index is 2.77. The highest BCUT2D eigenvalue weighted by Gasteiger charge is 2.06. The molecule has 0 aliphatic carbocycles. The molecular weight excluding hydrogens is 297 g/mol. The van der Waals surface area contributed by atoms with E-state index in [1.807, 2.05) is 22.6 Å². The number of aliphatic hydroxyl groups excluding tert-OH is 1. The maximum atomic E-state index is 11.5. The van der Waals surface area contributed by atoms with Gasteiger partial charge in [-0.3, -0.25) is 9.36 Å². The Labute approximate surface area is 95.3 Å². The third-order valence-corrected chi connectivity index (χ3v) is 2.45. The average Bonchev–Trinajstić information content (AvgIpc) is 2.13. The highest BCUT2D eigenvalue weighted by molar-refractivity contribution is 14.1. The second kappa shape index (κ2) is 5.42. The molecule has 0 aromatic carbocycles. The van der Waals surface area contributed by atoms with Crippen LogP contribution in [0.5, 0.6) is 0 Å². The molecule has 1 aromatic rings. The molecule has 14 heavy (non-hydrogen) atoms. The highest BCUT2D eigenvalue weighted by Crippen LogP contribution is 1.94. The van der Waals surface area contributed by atoms with Gasteiger partial charge in [0.15, 0.2) is 0 Å². The van der Waals surface area contributed by atoms with Crippen molar-refractivity contribution in [2.24, 2.45) is 0 Å². The maximum absolute atomic E-state index is 11.5. The molecule has 0 bridgehead atoms. The van der Waals surface area contributed by atoms with Crippen molar-refractivity contribution in [3.05, 3.63) is 26.4 Å². The quantitative estimate of drug-likeness (QED) is 0.731. The number of nitrogens with zero attached hydrogens (tertiary/aromatic N) is 2. The van der Waals surface area contributed by atoms with Gasteiger partial charge in [0.25, 0.3) is 5.56 Å². The standard InChI is InChI=1S/C8H12IN3O2/c1-10-2-6(13)4-12-5-11-3-7(9)8(12)14/h3,5-6,10,13H,2,4H2,1H3. The molecule has 0 amide bonds. The molecule has 78 valence electrons. The van der Waals surface area contributed by atoms with Crippen LogP contribution in [0, 0.1) is 3.57 Å². The van der Waals surface area contributed by atoms with E-state index in [-0.39, 0.29) is 12.1 Å². The lowest BCUT2D eigenvalue weighted by molar-refractivity contribution is 0.152. The molecule has 2 N–H and O–H groups in total. The first kappa shape index (κ1) is 11.6. The van der Waals surface area contributed by atoms with Crippen molar-refractivity contribution < 1.29 is 5.11 Å². The normalized spacial score (nSPS) is 12.8. The Morgan fingerprint density at radius 3 is 3.14 bits per heavy atom. The molecule has 6 heteroatoms. The molecule has 0 aliphatic heterocycles. The summed E-state index contributed by atoms with van der Waals surface area (Å²) in [7, 11) is 1.75. The molecule has 1 heterocycles. The second-order valence-electron chi connectivity index (χ2n) is 2.91. The number of nitrogens with one attached hydrogen (secondary N) is 1. The maximum Gasteiger partial charge on any atom is 0.266 e. The van der Waals surface area contributed by atoms with Crippen LogP contribution < -0.4 is 10.9 Å². The summed E-state index contributed by atoms with van der Waals surface area (Å²) in [6.07, 6.45) is 2.37. The summed E-state index contributed by atoms with van der Waals surface area (Å²) in [4.78, 5) is 15.4. The Kier molecular flexibility index (Phi) is 4.49. The van der Waals surface area contributed by atoms with Crippen LogP contribution in [0.1, 0.15) is 0 Å². The number of halogens is 1. The first-order valence-corrected chi connectivity index (χ1v) is 5.25. The van der Waals surface area contributed by atoms with Crippen molar-refractivity contribution in [3.8, 4) is 0 Å². The molecule has 0 saturated carbocycles. The van der Waals surface area contributed by atoms with Gasteiger partial charge in [0, 0.05) is 12.7 Å². The van der Waals surface area contributed by atoms with E-state index in [4.69, 9.17) is 0 Å². The van der Waals surface area contributed by atoms with Crippen LogP contribution in [0.4, 0.5) is 0 Å². The number of likely N-dealkylation sites (N-methyl/N-ethyl adjacent to an activating group) is 1. The molecule has 1 unspecified atom stereocenters. The van der Waals surface area contributed by atoms with Crippen molar-refractivity contribution in [2.45, 2.75) is 12.6 Å². The lowest BCUT2D eigenvalue weighted by atomic mass is 10.3. The highest BCUT2D eigenvalue weighted by atomic mass is 127. The summed E-state index contributed by atoms with van der Waals surface area (Å²) < 4.78 is 1.96. The third-order valence-electron chi connectivity index (χ3n) is 1.71. The predicted molar refractivity (Wildman–Crippen MR) is 61.1 cm³/mol. The summed E-state index contributed by atoms with van der Waals surface area (Å²) in [5.41, 5.74) is -0.115. The first-order chi connectivity index (χ1) is 6.65. The Bertz CT molecular complexity index is 353. The Morgan fingerprint density at radius 2 is 2.50 bits per heavy atom. The van der Waals surface area contributed by atoms with E-state index in [9.17, 15) is 9.90 Å². The fourth-order valence-electron chi connectivity index (χ4n) is 1.08. The molecule has 0 spiro atoms. The van der Waals surface area contributed by atoms with Gasteiger partial charge in [-0.25, -0.2) is 4.98 Å². The number of rotatable bonds is 4. The number of aliphatic hydroxyl groups is 1. The zero-order chi connectivity index (χ0) is 10.6. The van der Waals surface area contributed by atoms with Gasteiger partial charge in [-0.2, -0.15) is 0 Å². The predicted octanol–water partition coefficient (Wildman–Crippen LogP) is -0.572. The van der Waals surface area contributed by atoms with Crippen LogP contribution >= 0.6 is 22.6 Å². The SMILES string of the molecule is CNCC(O)Cn1cncc(I)c1=O. The van der Waals surface area contributed by atoms with Crippen LogP contribution in [0.3, 0.4) is 0 Å². The van der Waals surface area contributed by atoms with Gasteiger partial charge < -0.3 is 10.4 Å². The third kappa shape index (κ3) is 3.03. The Morgan fingerprint density at radius 1 is 1.79 bits per heavy atom. The molecule has 0 radical (unpaired) electrons. The molecule has 5 nitrogen and oxygen atoms in total. The minimum atomic E-state index is -0.572. The molecule has 1 rings (SSSR count). The van der Waals surface area contributed by atoms with Crippen molar-refractivity contribution in [3.63, 3.8) is 0 Å². The first-order valence-electron chi connectivity index (χ1n) is 4.17. The fourth-order valence-corrected chi connectivity index (χ4v) is 1.55. The summed E-state index contributed by atoms with van der Waals surface area (Å²) in [6.45, 7) is 0.724. The van der Waals surface area contributed by atoms with Crippen molar-refractivity contribution in [2.75, 3.05) is 13.6 Å². The van der Waals surface area contributed by atoms with Crippen molar-refractivity contribution in [1.29, 1.82) is 0 Å². The zero-order valence-corrected chi connectivity index (χ0v) is 9.93. The van der Waals surface area contributed by atoms with E-state index in [2.05, 4.69) is 10.3 Å². The molecule has 1 atom stereocenters. The monoisotopic (exact) mass is 309 g/mol. The number of aromatic nitrogens is 2. The summed E-state index contributed by atoms with van der Waals surface area (Å²) in [5.74, 6) is 0. The van der Waals surface area contributed by atoms with E-state index < -0.39 is 6.10 Å². The average molecular weight is 309 g/mol. The van der Waals surface area contributed by atoms with Gasteiger partial charge in [-0.15, -0.1) is 0 Å². The summed E-state index contributed by atoms with van der Waals surface area (Å²) in [5, 5.41) is 12.3. The molecule has 1 aromatic heterocycles. The molecule has 0 fully saturated rings. The van der Waals surface area contributed by atoms with E-state index >= 15 is 0 Å². The largest absolute Gasteiger partial charge is 0.390 e. The van der Waals surface area contributed by atoms with Gasteiger partial charge >= 0.3 is 0 Å². The smallest absolute Gasteiger partial charge is 0.266 e. The topological polar surface area (TPSA) is 67.2 Å². The summed E-state index contributed by atoms with van der Waals surface area (Å²) >= 11 is 1.93. The fraction of sp³-hybridized carbons (Fsp3) is 0.500. The Hall–Kier alpha value is -0.470. The molecular formula is C8H12IN3O2. The van der Waals surface area contributed by atoms with Gasteiger partial charge in [-0.1, -0.05) is 0 Å². The van der Waals surface area contributed by atoms with Gasteiger partial charge in [0.1, 0.15) is 0 Å². The second-order valence-corrected chi connectivity index (χ2v) is 4.07. The zero-order valence-electron chi connectivity index (χ0n) is 7.77. The van der Waals surface area contributed by atoms with E-state index in [0.717, 1.165) is 0 Å². The van der Waals surface area contributed by atoms with Crippen LogP contribution in [0.15, 0.2) is 17.3 Å². The molecule has 0 aliphatic rings. The van der Waals surface area contributed by atoms with Crippen LogP contribution in [-0.2, 0) is 6.54 Å². The minimum Gasteiger partial charge on any atom is -0.390 e. The van der Waals surface area contributed by atoms with Gasteiger partial charge in [0.05, 0.1) is 22.5 Å². The lowest BCUT2D eigenvalue weighted by Gasteiger charge is -2.11. The number of hydrogen-bond acceptors (Lipinski definition) is 4. The van der Waals surface area contributed by atoms with Gasteiger partial charge in [-0.05, 0) is 29.6 Å². The summed E-state index contributed by atoms with van der Waals surface area (Å²) in [6, 6.07) is 0. The van der Waals surface area contributed by atoms with Crippen LogP contribution in [-0.4, -0.2) is 34.4 Å². The van der Waals surface area contributed by atoms with Crippen molar-refractivity contribution >= 4 is 22.6 Å². The van der Waals surface area contributed by atoms with E-state index in [1.54, 1.807) is 7.05 Å². The van der Waals surface area contributed by atoms with Crippen LogP contribution in [0.2, 0.25) is 0 Å². The minimum absolute atomic E-state index is 0.115. The lowest BCUT2D eigenvalue weighted by Crippen LogP contribution is -2.33. The molecule has 0 saturated heterocycles. The van der Waals surface area contributed by atoms with Crippen molar-refractivity contribution in [1.82, 2.24) is 14.9 Å². The van der Waals surface area contributed by atoms with Gasteiger partial charge in [0.2, 0.25) is 0 Å².